The van der Waals surface area contributed by atoms with E-state index in [2.05, 4.69) is 54.7 Å². The zero-order chi connectivity index (χ0) is 12.4. The third kappa shape index (κ3) is 2.13. The second-order valence-corrected chi connectivity index (χ2v) is 4.95. The third-order valence-electron chi connectivity index (χ3n) is 3.74. The molecule has 0 fully saturated rings. The van der Waals surface area contributed by atoms with Crippen LogP contribution in [0.5, 0.6) is 0 Å². The highest BCUT2D eigenvalue weighted by molar-refractivity contribution is 5.69. The fraction of sp³-hybridized carbons (Fsp3) is 0.294. The van der Waals surface area contributed by atoms with E-state index in [1.54, 1.807) is 0 Å². The molecule has 92 valence electrons. The lowest BCUT2D eigenvalue weighted by atomic mass is 9.96. The highest BCUT2D eigenvalue weighted by Crippen LogP contribution is 2.28. The van der Waals surface area contributed by atoms with E-state index in [0.29, 0.717) is 0 Å². The van der Waals surface area contributed by atoms with Crippen LogP contribution in [0, 0.1) is 0 Å². The van der Waals surface area contributed by atoms with E-state index < -0.39 is 0 Å². The molecule has 18 heavy (non-hydrogen) atoms. The molecule has 3 rings (SSSR count). The van der Waals surface area contributed by atoms with Gasteiger partial charge in [-0.05, 0) is 53.6 Å². The normalized spacial score (nSPS) is 13.8. The summed E-state index contributed by atoms with van der Waals surface area (Å²) in [5, 5.41) is 3.46. The highest BCUT2D eigenvalue weighted by atomic mass is 14.9. The van der Waals surface area contributed by atoms with Gasteiger partial charge in [0.2, 0.25) is 0 Å². The van der Waals surface area contributed by atoms with E-state index in [-0.39, 0.29) is 0 Å². The van der Waals surface area contributed by atoms with Gasteiger partial charge in [-0.2, -0.15) is 0 Å². The van der Waals surface area contributed by atoms with Crippen LogP contribution in [-0.4, -0.2) is 6.54 Å². The quantitative estimate of drug-likeness (QED) is 0.822. The lowest BCUT2D eigenvalue weighted by Crippen LogP contribution is -2.11. The number of anilines is 1. The van der Waals surface area contributed by atoms with Gasteiger partial charge < -0.3 is 5.32 Å². The van der Waals surface area contributed by atoms with Gasteiger partial charge >= 0.3 is 0 Å². The van der Waals surface area contributed by atoms with Gasteiger partial charge in [0.15, 0.2) is 0 Å². The summed E-state index contributed by atoms with van der Waals surface area (Å²) in [6, 6.07) is 15.7. The maximum absolute atomic E-state index is 3.46. The van der Waals surface area contributed by atoms with Crippen LogP contribution < -0.4 is 5.32 Å². The van der Waals surface area contributed by atoms with E-state index in [1.165, 1.54) is 40.8 Å². The van der Waals surface area contributed by atoms with Crippen LogP contribution in [0.1, 0.15) is 24.5 Å². The molecule has 1 heteroatoms. The van der Waals surface area contributed by atoms with Crippen LogP contribution in [0.15, 0.2) is 42.5 Å². The van der Waals surface area contributed by atoms with Crippen LogP contribution in [0.3, 0.4) is 0 Å². The van der Waals surface area contributed by atoms with Crippen molar-refractivity contribution in [2.45, 2.75) is 26.2 Å². The number of hydrogen-bond acceptors (Lipinski definition) is 1. The molecule has 1 aliphatic rings. The van der Waals surface area contributed by atoms with Crippen molar-refractivity contribution < 1.29 is 0 Å². The lowest BCUT2D eigenvalue weighted by molar-refractivity contribution is 0.830. The van der Waals surface area contributed by atoms with E-state index >= 15 is 0 Å². The molecule has 0 spiro atoms. The number of fused-ring (bicyclic) bond motifs is 1. The van der Waals surface area contributed by atoms with E-state index in [4.69, 9.17) is 0 Å². The van der Waals surface area contributed by atoms with E-state index in [1.807, 2.05) is 0 Å². The molecule has 0 aromatic heterocycles. The molecule has 0 bridgehead atoms. The number of rotatable bonds is 2. The Hall–Kier alpha value is -1.76. The summed E-state index contributed by atoms with van der Waals surface area (Å²) in [5.74, 6) is 0. The molecule has 1 heterocycles. The average Bonchev–Trinajstić information content (AvgIpc) is 2.47. The summed E-state index contributed by atoms with van der Waals surface area (Å²) in [5.41, 5.74) is 6.83. The van der Waals surface area contributed by atoms with Crippen molar-refractivity contribution in [2.24, 2.45) is 0 Å². The van der Waals surface area contributed by atoms with Crippen molar-refractivity contribution in [3.63, 3.8) is 0 Å². The van der Waals surface area contributed by atoms with Crippen molar-refractivity contribution in [1.82, 2.24) is 0 Å². The molecule has 2 aromatic rings. The molecular formula is C17H19N. The summed E-state index contributed by atoms with van der Waals surface area (Å²) >= 11 is 0. The summed E-state index contributed by atoms with van der Waals surface area (Å²) < 4.78 is 0. The fourth-order valence-corrected chi connectivity index (χ4v) is 2.59. The van der Waals surface area contributed by atoms with Gasteiger partial charge in [0.1, 0.15) is 0 Å². The summed E-state index contributed by atoms with van der Waals surface area (Å²) in [6.07, 6.45) is 3.54. The van der Waals surface area contributed by atoms with Crippen LogP contribution in [0.4, 0.5) is 5.69 Å². The molecule has 0 saturated carbocycles. The SMILES string of the molecule is CCc1ccc(-c2ccc3c(c2)CCCN3)cc1. The third-order valence-corrected chi connectivity index (χ3v) is 3.74. The molecule has 0 radical (unpaired) electrons. The Kier molecular flexibility index (Phi) is 3.06. The zero-order valence-corrected chi connectivity index (χ0v) is 10.9. The van der Waals surface area contributed by atoms with Gasteiger partial charge in [-0.1, -0.05) is 37.3 Å². The number of benzene rings is 2. The van der Waals surface area contributed by atoms with Gasteiger partial charge in [0, 0.05) is 12.2 Å². The molecular weight excluding hydrogens is 218 g/mol. The molecule has 2 aromatic carbocycles. The molecule has 0 atom stereocenters. The molecule has 0 unspecified atom stereocenters. The highest BCUT2D eigenvalue weighted by Gasteiger charge is 2.09. The number of nitrogens with one attached hydrogen (secondary N) is 1. The van der Waals surface area contributed by atoms with Gasteiger partial charge in [-0.25, -0.2) is 0 Å². The minimum atomic E-state index is 1.11. The molecule has 1 aliphatic heterocycles. The first-order chi connectivity index (χ1) is 8.86. The second kappa shape index (κ2) is 4.85. The predicted molar refractivity (Wildman–Crippen MR) is 78.1 cm³/mol. The average molecular weight is 237 g/mol. The predicted octanol–water partition coefficient (Wildman–Crippen LogP) is 4.27. The largest absolute Gasteiger partial charge is 0.385 e. The van der Waals surface area contributed by atoms with Crippen LogP contribution >= 0.6 is 0 Å². The van der Waals surface area contributed by atoms with Crippen LogP contribution in [0.2, 0.25) is 0 Å². The minimum absolute atomic E-state index is 1.11. The molecule has 0 aliphatic carbocycles. The van der Waals surface area contributed by atoms with Crippen molar-refractivity contribution in [3.8, 4) is 11.1 Å². The Balaban J connectivity index is 1.95. The van der Waals surface area contributed by atoms with Gasteiger partial charge in [0.05, 0.1) is 0 Å². The standard InChI is InChI=1S/C17H19N/c1-2-13-5-7-14(8-6-13)15-9-10-17-16(12-15)4-3-11-18-17/h5-10,12,18H,2-4,11H2,1H3. The van der Waals surface area contributed by atoms with E-state index in [9.17, 15) is 0 Å². The van der Waals surface area contributed by atoms with Crippen LogP contribution in [0.25, 0.3) is 11.1 Å². The van der Waals surface area contributed by atoms with Gasteiger partial charge in [0.25, 0.3) is 0 Å². The maximum atomic E-state index is 3.46. The van der Waals surface area contributed by atoms with Gasteiger partial charge in [-0.15, -0.1) is 0 Å². The van der Waals surface area contributed by atoms with Crippen molar-refractivity contribution in [2.75, 3.05) is 11.9 Å². The maximum Gasteiger partial charge on any atom is 0.0373 e. The number of aryl methyl sites for hydroxylation is 2. The molecule has 0 saturated heterocycles. The van der Waals surface area contributed by atoms with E-state index in [0.717, 1.165) is 13.0 Å². The smallest absolute Gasteiger partial charge is 0.0373 e. The Morgan fingerprint density at radius 2 is 1.78 bits per heavy atom. The molecule has 0 amide bonds. The lowest BCUT2D eigenvalue weighted by Gasteiger charge is -2.18. The topological polar surface area (TPSA) is 12.0 Å². The monoisotopic (exact) mass is 237 g/mol. The van der Waals surface area contributed by atoms with Gasteiger partial charge in [-0.3, -0.25) is 0 Å². The first kappa shape index (κ1) is 11.3. The Morgan fingerprint density at radius 1 is 1.00 bits per heavy atom. The first-order valence-electron chi connectivity index (χ1n) is 6.83. The minimum Gasteiger partial charge on any atom is -0.385 e. The first-order valence-corrected chi connectivity index (χ1v) is 6.83. The zero-order valence-electron chi connectivity index (χ0n) is 10.9. The summed E-state index contributed by atoms with van der Waals surface area (Å²) in [4.78, 5) is 0. The Labute approximate surface area is 109 Å². The summed E-state index contributed by atoms with van der Waals surface area (Å²) in [6.45, 7) is 3.30. The molecule has 1 nitrogen and oxygen atoms in total. The Morgan fingerprint density at radius 3 is 2.56 bits per heavy atom. The fourth-order valence-electron chi connectivity index (χ4n) is 2.59. The molecule has 1 N–H and O–H groups in total. The Bertz CT molecular complexity index is 540. The van der Waals surface area contributed by atoms with Crippen molar-refractivity contribution in [1.29, 1.82) is 0 Å². The second-order valence-electron chi connectivity index (χ2n) is 4.95. The van der Waals surface area contributed by atoms with Crippen molar-refractivity contribution >= 4 is 5.69 Å². The summed E-state index contributed by atoms with van der Waals surface area (Å²) in [7, 11) is 0. The van der Waals surface area contributed by atoms with Crippen LogP contribution in [-0.2, 0) is 12.8 Å². The van der Waals surface area contributed by atoms with Crippen molar-refractivity contribution in [3.05, 3.63) is 53.6 Å². The number of hydrogen-bond donors (Lipinski definition) is 1.